The molecular formula is C24H27N3O4S. The van der Waals surface area contributed by atoms with Crippen LogP contribution < -0.4 is 25.1 Å². The zero-order chi connectivity index (χ0) is 22.8. The third kappa shape index (κ3) is 3.86. The molecule has 0 spiro atoms. The highest BCUT2D eigenvalue weighted by Crippen LogP contribution is 2.40. The van der Waals surface area contributed by atoms with Gasteiger partial charge in [-0.1, -0.05) is 0 Å². The SMILES string of the molecule is CCNC(=S)N1CCc2cc(OC)c(OC)cc2[C@H]1c1cc2cc(OC)ccc2[nH]c1=O. The molecule has 32 heavy (non-hydrogen) atoms. The second kappa shape index (κ2) is 9.08. The van der Waals surface area contributed by atoms with E-state index in [-0.39, 0.29) is 11.6 Å². The van der Waals surface area contributed by atoms with E-state index in [1.165, 1.54) is 0 Å². The molecule has 0 aliphatic carbocycles. The predicted molar refractivity (Wildman–Crippen MR) is 129 cm³/mol. The minimum Gasteiger partial charge on any atom is -0.497 e. The first kappa shape index (κ1) is 22.0. The minimum absolute atomic E-state index is 0.153. The first-order valence-electron chi connectivity index (χ1n) is 10.5. The highest BCUT2D eigenvalue weighted by Gasteiger charge is 2.33. The van der Waals surface area contributed by atoms with E-state index < -0.39 is 0 Å². The summed E-state index contributed by atoms with van der Waals surface area (Å²) < 4.78 is 16.4. The Bertz CT molecular complexity index is 1220. The highest BCUT2D eigenvalue weighted by atomic mass is 32.1. The molecule has 168 valence electrons. The highest BCUT2D eigenvalue weighted by molar-refractivity contribution is 7.80. The molecule has 0 bridgehead atoms. The fourth-order valence-corrected chi connectivity index (χ4v) is 4.63. The van der Waals surface area contributed by atoms with Crippen LogP contribution in [0.3, 0.4) is 0 Å². The average Bonchev–Trinajstić information content (AvgIpc) is 2.81. The summed E-state index contributed by atoms with van der Waals surface area (Å²) in [4.78, 5) is 18.4. The molecule has 1 aliphatic heterocycles. The molecule has 8 heteroatoms. The van der Waals surface area contributed by atoms with Crippen molar-refractivity contribution in [1.82, 2.24) is 15.2 Å². The normalized spacial score (nSPS) is 15.2. The van der Waals surface area contributed by atoms with Crippen molar-refractivity contribution in [1.29, 1.82) is 0 Å². The molecule has 0 radical (unpaired) electrons. The Labute approximate surface area is 192 Å². The van der Waals surface area contributed by atoms with Gasteiger partial charge in [-0.05, 0) is 73.1 Å². The maximum absolute atomic E-state index is 13.3. The van der Waals surface area contributed by atoms with Gasteiger partial charge in [0.1, 0.15) is 5.75 Å². The number of rotatable bonds is 5. The number of nitrogens with one attached hydrogen (secondary N) is 2. The van der Waals surface area contributed by atoms with Crippen LogP contribution >= 0.6 is 12.2 Å². The molecule has 2 N–H and O–H groups in total. The summed E-state index contributed by atoms with van der Waals surface area (Å²) >= 11 is 5.69. The van der Waals surface area contributed by atoms with Gasteiger partial charge in [0.2, 0.25) is 0 Å². The molecule has 2 aromatic carbocycles. The molecule has 0 saturated carbocycles. The zero-order valence-corrected chi connectivity index (χ0v) is 19.5. The summed E-state index contributed by atoms with van der Waals surface area (Å²) in [6.07, 6.45) is 0.775. The lowest BCUT2D eigenvalue weighted by molar-refractivity contribution is 0.323. The van der Waals surface area contributed by atoms with Crippen LogP contribution in [0.1, 0.15) is 29.7 Å². The van der Waals surface area contributed by atoms with Crippen molar-refractivity contribution in [3.63, 3.8) is 0 Å². The largest absolute Gasteiger partial charge is 0.497 e. The van der Waals surface area contributed by atoms with Gasteiger partial charge in [-0.15, -0.1) is 0 Å². The van der Waals surface area contributed by atoms with Gasteiger partial charge in [-0.25, -0.2) is 0 Å². The number of hydrogen-bond donors (Lipinski definition) is 2. The Balaban J connectivity index is 1.95. The third-order valence-electron chi connectivity index (χ3n) is 5.84. The average molecular weight is 454 g/mol. The second-order valence-electron chi connectivity index (χ2n) is 7.59. The number of thiocarbonyl (C=S) groups is 1. The van der Waals surface area contributed by atoms with E-state index in [2.05, 4.69) is 15.2 Å². The number of aromatic amines is 1. The molecule has 1 atom stereocenters. The zero-order valence-electron chi connectivity index (χ0n) is 18.7. The third-order valence-corrected chi connectivity index (χ3v) is 6.22. The van der Waals surface area contributed by atoms with Crippen LogP contribution in [0, 0.1) is 0 Å². The van der Waals surface area contributed by atoms with Crippen molar-refractivity contribution in [2.75, 3.05) is 34.4 Å². The Hall–Kier alpha value is -3.26. The minimum atomic E-state index is -0.371. The van der Waals surface area contributed by atoms with E-state index in [1.807, 2.05) is 43.3 Å². The Morgan fingerprint density at radius 3 is 2.53 bits per heavy atom. The molecule has 0 saturated heterocycles. The number of aromatic nitrogens is 1. The number of hydrogen-bond acceptors (Lipinski definition) is 5. The van der Waals surface area contributed by atoms with Crippen LogP contribution in [0.5, 0.6) is 17.2 Å². The molecule has 0 amide bonds. The molecular weight excluding hydrogens is 426 g/mol. The molecule has 2 heterocycles. The van der Waals surface area contributed by atoms with E-state index in [0.29, 0.717) is 35.3 Å². The number of ether oxygens (including phenoxy) is 3. The molecule has 1 aromatic heterocycles. The standard InChI is InChI=1S/C24H27N3O4S/c1-5-25-24(32)27-9-8-14-12-20(30-3)21(31-4)13-17(14)22(27)18-11-15-10-16(29-2)6-7-19(15)26-23(18)28/h6-7,10-13,22H,5,8-9H2,1-4H3,(H,25,32)(H,26,28)/t22-/m0/s1. The number of benzene rings is 2. The molecule has 1 aliphatic rings. The van der Waals surface area contributed by atoms with Gasteiger partial charge in [0, 0.05) is 29.6 Å². The van der Waals surface area contributed by atoms with Crippen LogP contribution in [0.15, 0.2) is 41.2 Å². The van der Waals surface area contributed by atoms with E-state index in [1.54, 1.807) is 21.3 Å². The van der Waals surface area contributed by atoms with Gasteiger partial charge < -0.3 is 29.4 Å². The first-order valence-corrected chi connectivity index (χ1v) is 10.9. The Morgan fingerprint density at radius 1 is 1.09 bits per heavy atom. The summed E-state index contributed by atoms with van der Waals surface area (Å²) in [6, 6.07) is 11.1. The van der Waals surface area contributed by atoms with Crippen LogP contribution in [0.25, 0.3) is 10.9 Å². The molecule has 7 nitrogen and oxygen atoms in total. The quantitative estimate of drug-likeness (QED) is 0.574. The summed E-state index contributed by atoms with van der Waals surface area (Å²) in [5, 5.41) is 4.74. The monoisotopic (exact) mass is 453 g/mol. The smallest absolute Gasteiger partial charge is 0.254 e. The van der Waals surface area contributed by atoms with Crippen molar-refractivity contribution < 1.29 is 14.2 Å². The maximum atomic E-state index is 13.3. The summed E-state index contributed by atoms with van der Waals surface area (Å²) in [6.45, 7) is 3.38. The van der Waals surface area contributed by atoms with Gasteiger partial charge in [0.25, 0.3) is 5.56 Å². The Kier molecular flexibility index (Phi) is 6.23. The summed E-state index contributed by atoms with van der Waals surface area (Å²) in [5.41, 5.74) is 3.29. The van der Waals surface area contributed by atoms with Crippen molar-refractivity contribution in [3.8, 4) is 17.2 Å². The van der Waals surface area contributed by atoms with Gasteiger partial charge >= 0.3 is 0 Å². The topological polar surface area (TPSA) is 75.8 Å². The number of nitrogens with zero attached hydrogens (tertiary/aromatic N) is 1. The van der Waals surface area contributed by atoms with Crippen LogP contribution in [0.2, 0.25) is 0 Å². The second-order valence-corrected chi connectivity index (χ2v) is 7.98. The molecule has 3 aromatic rings. The van der Waals surface area contributed by atoms with Crippen LogP contribution in [-0.4, -0.2) is 49.4 Å². The van der Waals surface area contributed by atoms with Crippen LogP contribution in [0.4, 0.5) is 0 Å². The lowest BCUT2D eigenvalue weighted by atomic mass is 9.88. The maximum Gasteiger partial charge on any atom is 0.254 e. The molecule has 0 unspecified atom stereocenters. The number of pyridine rings is 1. The fourth-order valence-electron chi connectivity index (χ4n) is 4.28. The van der Waals surface area contributed by atoms with Gasteiger partial charge in [-0.3, -0.25) is 4.79 Å². The van der Waals surface area contributed by atoms with Gasteiger partial charge in [0.15, 0.2) is 16.6 Å². The van der Waals surface area contributed by atoms with Crippen molar-refractivity contribution in [2.45, 2.75) is 19.4 Å². The van der Waals surface area contributed by atoms with E-state index in [9.17, 15) is 4.79 Å². The van der Waals surface area contributed by atoms with Gasteiger partial charge in [0.05, 0.1) is 27.4 Å². The first-order chi connectivity index (χ1) is 15.5. The van der Waals surface area contributed by atoms with Crippen molar-refractivity contribution >= 4 is 28.2 Å². The Morgan fingerprint density at radius 2 is 1.84 bits per heavy atom. The number of fused-ring (bicyclic) bond motifs is 2. The number of methoxy groups -OCH3 is 3. The summed E-state index contributed by atoms with van der Waals surface area (Å²) in [5.74, 6) is 2.02. The summed E-state index contributed by atoms with van der Waals surface area (Å²) in [7, 11) is 4.86. The van der Waals surface area contributed by atoms with E-state index in [4.69, 9.17) is 26.4 Å². The van der Waals surface area contributed by atoms with Crippen LogP contribution in [-0.2, 0) is 6.42 Å². The lowest BCUT2D eigenvalue weighted by Gasteiger charge is -2.39. The van der Waals surface area contributed by atoms with Gasteiger partial charge in [-0.2, -0.15) is 0 Å². The lowest BCUT2D eigenvalue weighted by Crippen LogP contribution is -2.47. The number of H-pyrrole nitrogens is 1. The van der Waals surface area contributed by atoms with Crippen molar-refractivity contribution in [3.05, 3.63) is 63.4 Å². The molecule has 0 fully saturated rings. The van der Waals surface area contributed by atoms with Crippen molar-refractivity contribution in [2.24, 2.45) is 0 Å². The van der Waals surface area contributed by atoms with E-state index in [0.717, 1.165) is 34.2 Å². The van der Waals surface area contributed by atoms with E-state index >= 15 is 0 Å². The predicted octanol–water partition coefficient (Wildman–Crippen LogP) is 3.40. The fraction of sp³-hybridized carbons (Fsp3) is 0.333. The molecule has 4 rings (SSSR count).